The van der Waals surface area contributed by atoms with E-state index < -0.39 is 4.92 Å². The van der Waals surface area contributed by atoms with Gasteiger partial charge in [0.15, 0.2) is 0 Å². The van der Waals surface area contributed by atoms with Crippen LogP contribution in [0.2, 0.25) is 0 Å². The van der Waals surface area contributed by atoms with Crippen LogP contribution < -0.4 is 4.74 Å². The van der Waals surface area contributed by atoms with E-state index in [0.717, 1.165) is 16.9 Å². The number of hydrogen-bond acceptors (Lipinski definition) is 3. The van der Waals surface area contributed by atoms with E-state index in [9.17, 15) is 10.1 Å². The van der Waals surface area contributed by atoms with Crippen LogP contribution in [0.15, 0.2) is 36.4 Å². The Labute approximate surface area is 111 Å². The van der Waals surface area contributed by atoms with E-state index in [0.29, 0.717) is 5.75 Å². The van der Waals surface area contributed by atoms with Gasteiger partial charge in [-0.25, -0.2) is 0 Å². The first kappa shape index (κ1) is 13.1. The minimum absolute atomic E-state index is 0.0594. The molecule has 0 saturated heterocycles. The molecule has 0 aromatic heterocycles. The van der Waals surface area contributed by atoms with Crippen LogP contribution in [0.4, 0.5) is 5.69 Å². The van der Waals surface area contributed by atoms with E-state index in [1.54, 1.807) is 12.1 Å². The summed E-state index contributed by atoms with van der Waals surface area (Å²) in [6, 6.07) is 10.1. The maximum atomic E-state index is 10.6. The summed E-state index contributed by atoms with van der Waals surface area (Å²) < 4.78 is 5.76. The Kier molecular flexibility index (Phi) is 3.51. The van der Waals surface area contributed by atoms with Gasteiger partial charge < -0.3 is 4.74 Å². The average Bonchev–Trinajstić information content (AvgIpc) is 2.36. The third-order valence-corrected chi connectivity index (χ3v) is 3.07. The molecule has 0 aliphatic heterocycles. The van der Waals surface area contributed by atoms with Crippen LogP contribution >= 0.6 is 0 Å². The van der Waals surface area contributed by atoms with Crippen molar-refractivity contribution >= 4 is 5.69 Å². The third-order valence-electron chi connectivity index (χ3n) is 3.07. The Morgan fingerprint density at radius 2 is 1.53 bits per heavy atom. The highest BCUT2D eigenvalue weighted by atomic mass is 16.6. The van der Waals surface area contributed by atoms with Crippen molar-refractivity contribution < 1.29 is 9.66 Å². The van der Waals surface area contributed by atoms with Crippen molar-refractivity contribution in [2.45, 2.75) is 20.8 Å². The van der Waals surface area contributed by atoms with E-state index >= 15 is 0 Å². The van der Waals surface area contributed by atoms with Crippen molar-refractivity contribution in [1.82, 2.24) is 0 Å². The van der Waals surface area contributed by atoms with E-state index in [-0.39, 0.29) is 5.69 Å². The molecular formula is C15H15NO3. The maximum absolute atomic E-state index is 10.6. The van der Waals surface area contributed by atoms with Gasteiger partial charge in [-0.1, -0.05) is 6.07 Å². The Morgan fingerprint density at radius 3 is 2.11 bits per heavy atom. The molecule has 0 bridgehead atoms. The zero-order valence-electron chi connectivity index (χ0n) is 11.1. The van der Waals surface area contributed by atoms with Gasteiger partial charge in [0.25, 0.3) is 5.69 Å². The second-order valence-electron chi connectivity index (χ2n) is 4.56. The molecule has 0 N–H and O–H groups in total. The number of rotatable bonds is 3. The van der Waals surface area contributed by atoms with Crippen molar-refractivity contribution in [2.24, 2.45) is 0 Å². The van der Waals surface area contributed by atoms with Crippen LogP contribution in [0, 0.1) is 30.9 Å². The molecule has 0 spiro atoms. The molecule has 2 aromatic carbocycles. The summed E-state index contributed by atoms with van der Waals surface area (Å²) in [6.07, 6.45) is 0. The fraction of sp³-hybridized carbons (Fsp3) is 0.200. The van der Waals surface area contributed by atoms with Crippen molar-refractivity contribution in [2.75, 3.05) is 0 Å². The molecule has 0 heterocycles. The second-order valence-corrected chi connectivity index (χ2v) is 4.56. The van der Waals surface area contributed by atoms with Crippen LogP contribution in [-0.4, -0.2) is 4.92 Å². The smallest absolute Gasteiger partial charge is 0.269 e. The Balaban J connectivity index is 2.26. The first-order valence-electron chi connectivity index (χ1n) is 5.97. The normalized spacial score (nSPS) is 10.3. The molecule has 0 aliphatic rings. The quantitative estimate of drug-likeness (QED) is 0.608. The van der Waals surface area contributed by atoms with Crippen LogP contribution in [0.1, 0.15) is 16.7 Å². The van der Waals surface area contributed by atoms with Gasteiger partial charge in [0.1, 0.15) is 11.5 Å². The highest BCUT2D eigenvalue weighted by Gasteiger charge is 2.07. The molecule has 2 aromatic rings. The predicted molar refractivity (Wildman–Crippen MR) is 73.8 cm³/mol. The number of non-ortho nitro benzene ring substituents is 1. The van der Waals surface area contributed by atoms with Crippen molar-refractivity contribution in [3.8, 4) is 11.5 Å². The van der Waals surface area contributed by atoms with Gasteiger partial charge in [-0.05, 0) is 55.7 Å². The Morgan fingerprint density at radius 1 is 0.947 bits per heavy atom. The lowest BCUT2D eigenvalue weighted by Gasteiger charge is -2.11. The largest absolute Gasteiger partial charge is 0.457 e. The van der Waals surface area contributed by atoms with Crippen LogP contribution in [0.25, 0.3) is 0 Å². The summed E-state index contributed by atoms with van der Waals surface area (Å²) in [7, 11) is 0. The topological polar surface area (TPSA) is 52.4 Å². The van der Waals surface area contributed by atoms with Gasteiger partial charge in [0.05, 0.1) is 4.92 Å². The van der Waals surface area contributed by atoms with Crippen LogP contribution in [0.5, 0.6) is 11.5 Å². The standard InChI is InChI=1S/C15H15NO3/c1-10-8-12(3)15(9-11(10)2)19-14-6-4-13(5-7-14)16(17)18/h4-9H,1-3H3. The summed E-state index contributed by atoms with van der Waals surface area (Å²) in [5.41, 5.74) is 3.47. The number of ether oxygens (including phenoxy) is 1. The van der Waals surface area contributed by atoms with Crippen LogP contribution in [-0.2, 0) is 0 Å². The summed E-state index contributed by atoms with van der Waals surface area (Å²) in [4.78, 5) is 10.1. The average molecular weight is 257 g/mol. The number of nitrogens with zero attached hydrogens (tertiary/aromatic N) is 1. The van der Waals surface area contributed by atoms with E-state index in [2.05, 4.69) is 13.0 Å². The molecule has 19 heavy (non-hydrogen) atoms. The van der Waals surface area contributed by atoms with E-state index in [4.69, 9.17) is 4.74 Å². The lowest BCUT2D eigenvalue weighted by molar-refractivity contribution is -0.384. The summed E-state index contributed by atoms with van der Waals surface area (Å²) >= 11 is 0. The molecule has 0 fully saturated rings. The fourth-order valence-corrected chi connectivity index (χ4v) is 1.81. The van der Waals surface area contributed by atoms with Gasteiger partial charge in [-0.3, -0.25) is 10.1 Å². The molecule has 0 radical (unpaired) electrons. The third kappa shape index (κ3) is 2.91. The van der Waals surface area contributed by atoms with Crippen molar-refractivity contribution in [3.63, 3.8) is 0 Å². The zero-order chi connectivity index (χ0) is 14.0. The summed E-state index contributed by atoms with van der Waals surface area (Å²) in [6.45, 7) is 6.06. The zero-order valence-corrected chi connectivity index (χ0v) is 11.1. The molecule has 0 aliphatic carbocycles. The first-order chi connectivity index (χ1) is 8.97. The van der Waals surface area contributed by atoms with E-state index in [1.807, 2.05) is 19.9 Å². The minimum atomic E-state index is -0.426. The Hall–Kier alpha value is -2.36. The molecule has 4 nitrogen and oxygen atoms in total. The highest BCUT2D eigenvalue weighted by molar-refractivity contribution is 5.44. The van der Waals surface area contributed by atoms with Gasteiger partial charge in [0, 0.05) is 12.1 Å². The molecule has 0 unspecified atom stereocenters. The SMILES string of the molecule is Cc1cc(C)c(Oc2ccc([N+](=O)[O-])cc2)cc1C. The van der Waals surface area contributed by atoms with Crippen LogP contribution in [0.3, 0.4) is 0 Å². The van der Waals surface area contributed by atoms with Gasteiger partial charge in [-0.15, -0.1) is 0 Å². The highest BCUT2D eigenvalue weighted by Crippen LogP contribution is 2.28. The van der Waals surface area contributed by atoms with Crippen molar-refractivity contribution in [1.29, 1.82) is 0 Å². The molecule has 4 heteroatoms. The second kappa shape index (κ2) is 5.10. The first-order valence-corrected chi connectivity index (χ1v) is 5.97. The molecule has 0 saturated carbocycles. The Bertz CT molecular complexity index is 618. The molecule has 0 amide bonds. The number of nitro groups is 1. The lowest BCUT2D eigenvalue weighted by Crippen LogP contribution is -1.92. The summed E-state index contributed by atoms with van der Waals surface area (Å²) in [5, 5.41) is 10.6. The van der Waals surface area contributed by atoms with E-state index in [1.165, 1.54) is 17.7 Å². The summed E-state index contributed by atoms with van der Waals surface area (Å²) in [5.74, 6) is 1.37. The fourth-order valence-electron chi connectivity index (χ4n) is 1.81. The van der Waals surface area contributed by atoms with Crippen molar-refractivity contribution in [3.05, 3.63) is 63.2 Å². The molecular weight excluding hydrogens is 242 g/mol. The minimum Gasteiger partial charge on any atom is -0.457 e. The predicted octanol–water partition coefficient (Wildman–Crippen LogP) is 4.31. The number of nitro benzene ring substituents is 1. The number of aryl methyl sites for hydroxylation is 3. The maximum Gasteiger partial charge on any atom is 0.269 e. The van der Waals surface area contributed by atoms with Gasteiger partial charge in [0.2, 0.25) is 0 Å². The molecule has 98 valence electrons. The molecule has 2 rings (SSSR count). The number of hydrogen-bond donors (Lipinski definition) is 0. The van der Waals surface area contributed by atoms with Gasteiger partial charge >= 0.3 is 0 Å². The monoisotopic (exact) mass is 257 g/mol. The number of benzene rings is 2. The lowest BCUT2D eigenvalue weighted by atomic mass is 10.1. The van der Waals surface area contributed by atoms with Gasteiger partial charge in [-0.2, -0.15) is 0 Å². The molecule has 0 atom stereocenters.